The van der Waals surface area contributed by atoms with Crippen molar-refractivity contribution in [3.63, 3.8) is 0 Å². The maximum atomic E-state index is 12.5. The number of aromatic nitrogens is 3. The number of ether oxygens (including phenoxy) is 2. The smallest absolute Gasteiger partial charge is 0.410 e. The third kappa shape index (κ3) is 9.20. The van der Waals surface area contributed by atoms with Crippen molar-refractivity contribution in [2.75, 3.05) is 37.9 Å². The molecule has 0 saturated heterocycles. The molecule has 0 spiro atoms. The number of carbonyl (C=O) groups is 2. The lowest BCUT2D eigenvalue weighted by Gasteiger charge is -2.28. The van der Waals surface area contributed by atoms with Crippen molar-refractivity contribution in [2.24, 2.45) is 0 Å². The predicted molar refractivity (Wildman–Crippen MR) is 140 cm³/mol. The van der Waals surface area contributed by atoms with E-state index in [0.29, 0.717) is 31.2 Å². The zero-order valence-electron chi connectivity index (χ0n) is 22.3. The normalized spacial score (nSPS) is 11.9. The van der Waals surface area contributed by atoms with E-state index in [1.54, 1.807) is 60.3 Å². The highest BCUT2D eigenvalue weighted by molar-refractivity contribution is 5.85. The second kappa shape index (κ2) is 13.5. The predicted octanol–water partition coefficient (Wildman–Crippen LogP) is 3.75. The third-order valence-corrected chi connectivity index (χ3v) is 5.17. The molecule has 0 saturated carbocycles. The average molecular weight is 502 g/mol. The quantitative estimate of drug-likeness (QED) is 0.372. The number of nitrogens with zero attached hydrogens (tertiary/aromatic N) is 4. The first-order chi connectivity index (χ1) is 17.0. The Balaban J connectivity index is 1.92. The fraction of sp³-hybridized carbons (Fsp3) is 0.560. The molecule has 2 heterocycles. The number of likely N-dealkylation sites (N-methyl/N-ethyl adjacent to an activating group) is 1. The lowest BCUT2D eigenvalue weighted by molar-refractivity contribution is -0.125. The van der Waals surface area contributed by atoms with Crippen LogP contribution in [0.25, 0.3) is 0 Å². The summed E-state index contributed by atoms with van der Waals surface area (Å²) in [6.07, 6.45) is 5.21. The number of pyridine rings is 1. The Labute approximate surface area is 213 Å². The summed E-state index contributed by atoms with van der Waals surface area (Å²) < 4.78 is 10.4. The van der Waals surface area contributed by atoms with Gasteiger partial charge in [0.05, 0.1) is 19.0 Å². The Hall–Kier alpha value is -3.63. The van der Waals surface area contributed by atoms with Crippen molar-refractivity contribution in [3.8, 4) is 5.88 Å². The van der Waals surface area contributed by atoms with E-state index in [4.69, 9.17) is 9.47 Å². The lowest BCUT2D eigenvalue weighted by Crippen LogP contribution is -2.47. The van der Waals surface area contributed by atoms with Crippen molar-refractivity contribution in [1.82, 2.24) is 25.2 Å². The lowest BCUT2D eigenvalue weighted by atomic mass is 10.1. The van der Waals surface area contributed by atoms with Gasteiger partial charge in [0.1, 0.15) is 17.5 Å². The summed E-state index contributed by atoms with van der Waals surface area (Å²) in [6.45, 7) is 10.3. The summed E-state index contributed by atoms with van der Waals surface area (Å²) in [6, 6.07) is 2.95. The number of hydrogen-bond acceptors (Lipinski definition) is 9. The third-order valence-electron chi connectivity index (χ3n) is 5.17. The number of aryl methyl sites for hydroxylation is 1. The van der Waals surface area contributed by atoms with E-state index in [1.807, 2.05) is 6.07 Å². The van der Waals surface area contributed by atoms with Crippen molar-refractivity contribution in [1.29, 1.82) is 0 Å². The summed E-state index contributed by atoms with van der Waals surface area (Å²) in [4.78, 5) is 39.2. The minimum Gasteiger partial charge on any atom is -0.481 e. The monoisotopic (exact) mass is 501 g/mol. The molecule has 2 aromatic rings. The molecular weight excluding hydrogens is 462 g/mol. The van der Waals surface area contributed by atoms with Crippen LogP contribution < -0.4 is 20.7 Å². The molecule has 0 unspecified atom stereocenters. The maximum absolute atomic E-state index is 12.5. The molecule has 2 rings (SSSR count). The molecule has 0 aromatic carbocycles. The van der Waals surface area contributed by atoms with Crippen molar-refractivity contribution >= 4 is 29.5 Å². The van der Waals surface area contributed by atoms with Gasteiger partial charge in [-0.2, -0.15) is 4.98 Å². The van der Waals surface area contributed by atoms with Crippen LogP contribution in [0.1, 0.15) is 53.0 Å². The van der Waals surface area contributed by atoms with E-state index in [-0.39, 0.29) is 5.91 Å². The van der Waals surface area contributed by atoms with E-state index >= 15 is 0 Å². The van der Waals surface area contributed by atoms with E-state index < -0.39 is 17.7 Å². The second-order valence-corrected chi connectivity index (χ2v) is 9.37. The molecule has 198 valence electrons. The molecular formula is C25H39N7O4. The van der Waals surface area contributed by atoms with Gasteiger partial charge in [-0.15, -0.1) is 0 Å². The van der Waals surface area contributed by atoms with Crippen molar-refractivity contribution in [2.45, 2.75) is 65.5 Å². The number of carbonyl (C=O) groups excluding carboxylic acids is 2. The van der Waals surface area contributed by atoms with Crippen LogP contribution in [0, 0.1) is 0 Å². The Kier molecular flexibility index (Phi) is 10.7. The highest BCUT2D eigenvalue weighted by atomic mass is 16.6. The fourth-order valence-corrected chi connectivity index (χ4v) is 3.06. The van der Waals surface area contributed by atoms with Gasteiger partial charge in [-0.05, 0) is 53.0 Å². The zero-order chi connectivity index (χ0) is 26.7. The topological polar surface area (TPSA) is 131 Å². The first-order valence-electron chi connectivity index (χ1n) is 12.1. The molecule has 36 heavy (non-hydrogen) atoms. The van der Waals surface area contributed by atoms with Crippen LogP contribution in [-0.4, -0.2) is 70.7 Å². The van der Waals surface area contributed by atoms with Gasteiger partial charge in [-0.3, -0.25) is 9.69 Å². The van der Waals surface area contributed by atoms with Crippen LogP contribution in [0.3, 0.4) is 0 Å². The minimum absolute atomic E-state index is 0.239. The van der Waals surface area contributed by atoms with E-state index in [9.17, 15) is 9.59 Å². The summed E-state index contributed by atoms with van der Waals surface area (Å²) >= 11 is 0. The number of nitrogens with one attached hydrogen (secondary N) is 3. The first-order valence-corrected chi connectivity index (χ1v) is 12.1. The molecule has 1 atom stereocenters. The van der Waals surface area contributed by atoms with Crippen molar-refractivity contribution < 1.29 is 19.1 Å². The molecule has 0 aliphatic heterocycles. The molecule has 11 heteroatoms. The van der Waals surface area contributed by atoms with Crippen LogP contribution in [0.15, 0.2) is 24.5 Å². The van der Waals surface area contributed by atoms with Gasteiger partial charge >= 0.3 is 6.09 Å². The highest BCUT2D eigenvalue weighted by Gasteiger charge is 2.26. The number of rotatable bonds is 12. The number of methoxy groups -OCH3 is 1. The Morgan fingerprint density at radius 1 is 1.14 bits per heavy atom. The summed E-state index contributed by atoms with van der Waals surface area (Å²) in [5, 5.41) is 9.39. The van der Waals surface area contributed by atoms with Gasteiger partial charge in [0.15, 0.2) is 0 Å². The van der Waals surface area contributed by atoms with Crippen LogP contribution in [0.5, 0.6) is 5.88 Å². The van der Waals surface area contributed by atoms with Gasteiger partial charge < -0.3 is 25.4 Å². The van der Waals surface area contributed by atoms with Gasteiger partial charge in [-0.25, -0.2) is 14.8 Å². The average Bonchev–Trinajstić information content (AvgIpc) is 2.84. The Morgan fingerprint density at radius 3 is 2.50 bits per heavy atom. The summed E-state index contributed by atoms with van der Waals surface area (Å²) in [5.74, 6) is 1.49. The van der Waals surface area contributed by atoms with Crippen LogP contribution >= 0.6 is 0 Å². The molecule has 2 amide bonds. The fourth-order valence-electron chi connectivity index (χ4n) is 3.06. The van der Waals surface area contributed by atoms with Crippen LogP contribution in [-0.2, 0) is 16.0 Å². The number of amides is 2. The SMILES string of the molecule is CCCNc1nc(Nc2ccc(OC)nc2)ncc1CCCNC(=O)[C@H](C)N(C)C(=O)OC(C)(C)C. The molecule has 0 aliphatic carbocycles. The van der Waals surface area contributed by atoms with Crippen LogP contribution in [0.4, 0.5) is 22.2 Å². The Bertz CT molecular complexity index is 993. The van der Waals surface area contributed by atoms with Crippen LogP contribution in [0.2, 0.25) is 0 Å². The number of anilines is 3. The zero-order valence-corrected chi connectivity index (χ0v) is 22.3. The molecule has 3 N–H and O–H groups in total. The Morgan fingerprint density at radius 2 is 1.89 bits per heavy atom. The number of hydrogen-bond donors (Lipinski definition) is 3. The van der Waals surface area contributed by atoms with Crippen molar-refractivity contribution in [3.05, 3.63) is 30.1 Å². The molecule has 2 aromatic heterocycles. The van der Waals surface area contributed by atoms with Gasteiger partial charge in [0.2, 0.25) is 17.7 Å². The van der Waals surface area contributed by atoms with Gasteiger partial charge in [0.25, 0.3) is 0 Å². The second-order valence-electron chi connectivity index (χ2n) is 9.37. The molecule has 0 radical (unpaired) electrons. The van der Waals surface area contributed by atoms with E-state index in [2.05, 4.69) is 37.8 Å². The molecule has 0 fully saturated rings. The van der Waals surface area contributed by atoms with Gasteiger partial charge in [-0.1, -0.05) is 6.92 Å². The largest absolute Gasteiger partial charge is 0.481 e. The van der Waals surface area contributed by atoms with E-state index in [0.717, 1.165) is 30.0 Å². The van der Waals surface area contributed by atoms with E-state index in [1.165, 1.54) is 4.90 Å². The van der Waals surface area contributed by atoms with Gasteiger partial charge in [0, 0.05) is 38.0 Å². The standard InChI is InChI=1S/C25H39N7O4/c1-8-13-26-21-18(15-29-23(31-21)30-19-11-12-20(35-7)28-16-19)10-9-14-27-22(33)17(2)32(6)24(34)36-25(3,4)5/h11-12,15-17H,8-10,13-14H2,1-7H3,(H,27,33)(H2,26,29,30,31)/t17-/m0/s1. The molecule has 11 nitrogen and oxygen atoms in total. The minimum atomic E-state index is -0.650. The summed E-state index contributed by atoms with van der Waals surface area (Å²) in [7, 11) is 3.12. The molecule has 0 aliphatic rings. The maximum Gasteiger partial charge on any atom is 0.410 e. The highest BCUT2D eigenvalue weighted by Crippen LogP contribution is 2.20. The summed E-state index contributed by atoms with van der Waals surface area (Å²) in [5.41, 5.74) is 1.08. The first kappa shape index (κ1) is 28.6. The molecule has 0 bridgehead atoms.